The molecule has 0 radical (unpaired) electrons. The van der Waals surface area contributed by atoms with Crippen molar-refractivity contribution >= 4 is 16.1 Å². The summed E-state index contributed by atoms with van der Waals surface area (Å²) in [6.07, 6.45) is -4.62. The summed E-state index contributed by atoms with van der Waals surface area (Å²) in [6.45, 7) is 4.33. The Hall–Kier alpha value is -1.65. The molecule has 0 saturated carbocycles. The number of nitrogens with zero attached hydrogens (tertiary/aromatic N) is 3. The van der Waals surface area contributed by atoms with Gasteiger partial charge in [-0.05, 0) is 12.1 Å². The van der Waals surface area contributed by atoms with Crippen molar-refractivity contribution in [3.8, 4) is 0 Å². The van der Waals surface area contributed by atoms with Crippen LogP contribution in [0.4, 0.5) is 13.2 Å². The van der Waals surface area contributed by atoms with Crippen LogP contribution in [0.15, 0.2) is 24.3 Å². The van der Waals surface area contributed by atoms with Gasteiger partial charge in [0.1, 0.15) is 0 Å². The minimum atomic E-state index is -4.62. The maximum atomic E-state index is 13.1. The Morgan fingerprint density at radius 1 is 1.08 bits per heavy atom. The first kappa shape index (κ1) is 20.7. The van der Waals surface area contributed by atoms with Gasteiger partial charge < -0.3 is 4.90 Å². The zero-order chi connectivity index (χ0) is 19.5. The van der Waals surface area contributed by atoms with Gasteiger partial charge in [0, 0.05) is 39.3 Å². The highest BCUT2D eigenvalue weighted by molar-refractivity contribution is 7.86. The molecule has 0 N–H and O–H groups in total. The van der Waals surface area contributed by atoms with Gasteiger partial charge in [0.05, 0.1) is 11.1 Å². The average molecular weight is 393 g/mol. The van der Waals surface area contributed by atoms with Crippen molar-refractivity contribution in [3.05, 3.63) is 35.4 Å². The molecule has 1 aliphatic rings. The van der Waals surface area contributed by atoms with Gasteiger partial charge in [0.25, 0.3) is 16.1 Å². The third kappa shape index (κ3) is 4.18. The molecule has 26 heavy (non-hydrogen) atoms. The fraction of sp³-hybridized carbons (Fsp3) is 0.562. The number of hydrogen-bond donors (Lipinski definition) is 0. The van der Waals surface area contributed by atoms with Gasteiger partial charge in [-0.15, -0.1) is 0 Å². The van der Waals surface area contributed by atoms with E-state index in [0.717, 1.165) is 12.1 Å². The number of amides is 1. The summed E-state index contributed by atoms with van der Waals surface area (Å²) in [6, 6.07) is 4.62. The smallest absolute Gasteiger partial charge is 0.336 e. The number of rotatable bonds is 5. The zero-order valence-corrected chi connectivity index (χ0v) is 15.5. The van der Waals surface area contributed by atoms with E-state index in [1.54, 1.807) is 13.8 Å². The van der Waals surface area contributed by atoms with E-state index in [9.17, 15) is 26.4 Å². The molecule has 6 nitrogen and oxygen atoms in total. The van der Waals surface area contributed by atoms with E-state index in [4.69, 9.17) is 0 Å². The van der Waals surface area contributed by atoms with Crippen LogP contribution in [-0.2, 0) is 16.4 Å². The predicted octanol–water partition coefficient (Wildman–Crippen LogP) is 2.05. The molecule has 0 spiro atoms. The van der Waals surface area contributed by atoms with Crippen LogP contribution in [0.1, 0.15) is 29.8 Å². The molecule has 0 atom stereocenters. The number of carbonyl (C=O) groups excluding carboxylic acids is 1. The molecule has 1 amide bonds. The number of piperazine rings is 1. The Morgan fingerprint density at radius 3 is 2.12 bits per heavy atom. The van der Waals surface area contributed by atoms with E-state index in [2.05, 4.69) is 0 Å². The zero-order valence-electron chi connectivity index (χ0n) is 14.7. The summed E-state index contributed by atoms with van der Waals surface area (Å²) < 4.78 is 66.8. The molecule has 1 aliphatic heterocycles. The molecule has 0 aliphatic carbocycles. The van der Waals surface area contributed by atoms with E-state index < -0.39 is 33.4 Å². The first-order chi connectivity index (χ1) is 12.1. The van der Waals surface area contributed by atoms with Crippen molar-refractivity contribution in [3.63, 3.8) is 0 Å². The van der Waals surface area contributed by atoms with Gasteiger partial charge in [-0.1, -0.05) is 26.0 Å². The average Bonchev–Trinajstić information content (AvgIpc) is 2.61. The van der Waals surface area contributed by atoms with Crippen LogP contribution >= 0.6 is 0 Å². The van der Waals surface area contributed by atoms with Crippen molar-refractivity contribution in [1.82, 2.24) is 13.5 Å². The van der Waals surface area contributed by atoms with Gasteiger partial charge in [-0.3, -0.25) is 4.79 Å². The fourth-order valence-corrected chi connectivity index (χ4v) is 4.53. The number of halogens is 3. The molecule has 0 unspecified atom stereocenters. The van der Waals surface area contributed by atoms with Gasteiger partial charge in [-0.2, -0.15) is 30.2 Å². The number of alkyl halides is 3. The van der Waals surface area contributed by atoms with Crippen molar-refractivity contribution in [1.29, 1.82) is 0 Å². The monoisotopic (exact) mass is 393 g/mol. The summed E-state index contributed by atoms with van der Waals surface area (Å²) in [5.41, 5.74) is -1.40. The van der Waals surface area contributed by atoms with E-state index >= 15 is 0 Å². The first-order valence-corrected chi connectivity index (χ1v) is 9.73. The lowest BCUT2D eigenvalue weighted by atomic mass is 10.1. The molecule has 1 saturated heterocycles. The molecule has 0 aromatic heterocycles. The lowest BCUT2D eigenvalue weighted by Crippen LogP contribution is -2.54. The number of carbonyl (C=O) groups is 1. The molecule has 0 bridgehead atoms. The van der Waals surface area contributed by atoms with Gasteiger partial charge >= 0.3 is 6.18 Å². The third-order valence-corrected chi connectivity index (χ3v) is 6.53. The van der Waals surface area contributed by atoms with Crippen molar-refractivity contribution in [2.45, 2.75) is 20.0 Å². The minimum Gasteiger partial charge on any atom is -0.336 e. The molecule has 2 rings (SSSR count). The highest BCUT2D eigenvalue weighted by Crippen LogP contribution is 2.32. The van der Waals surface area contributed by atoms with Crippen LogP contribution in [0.25, 0.3) is 0 Å². The quantitative estimate of drug-likeness (QED) is 0.769. The summed E-state index contributed by atoms with van der Waals surface area (Å²) in [5.74, 6) is -0.738. The largest absolute Gasteiger partial charge is 0.417 e. The van der Waals surface area contributed by atoms with Crippen molar-refractivity contribution < 1.29 is 26.4 Å². The molecule has 1 heterocycles. The number of hydrogen-bond acceptors (Lipinski definition) is 3. The fourth-order valence-electron chi connectivity index (χ4n) is 2.92. The Morgan fingerprint density at radius 2 is 1.62 bits per heavy atom. The Balaban J connectivity index is 2.13. The number of benzene rings is 1. The predicted molar refractivity (Wildman–Crippen MR) is 90.8 cm³/mol. The third-order valence-electron chi connectivity index (χ3n) is 4.35. The molecule has 1 fully saturated rings. The Kier molecular flexibility index (Phi) is 6.30. The molecule has 146 valence electrons. The van der Waals surface area contributed by atoms with Crippen LogP contribution in [0.3, 0.4) is 0 Å². The molecule has 10 heteroatoms. The second-order valence-electron chi connectivity index (χ2n) is 5.83. The minimum absolute atomic E-state index is 0.0471. The summed E-state index contributed by atoms with van der Waals surface area (Å²) in [4.78, 5) is 13.8. The maximum absolute atomic E-state index is 13.1. The van der Waals surface area contributed by atoms with Gasteiger partial charge in [0.15, 0.2) is 0 Å². The Bertz CT molecular complexity index is 741. The van der Waals surface area contributed by atoms with Crippen LogP contribution in [0.2, 0.25) is 0 Å². The van der Waals surface area contributed by atoms with Crippen LogP contribution in [0.5, 0.6) is 0 Å². The van der Waals surface area contributed by atoms with Gasteiger partial charge in [0.2, 0.25) is 0 Å². The molecule has 1 aromatic carbocycles. The molecular formula is C16H22F3N3O3S. The van der Waals surface area contributed by atoms with E-state index in [1.165, 1.54) is 25.6 Å². The normalized spacial score (nSPS) is 16.9. The van der Waals surface area contributed by atoms with E-state index in [0.29, 0.717) is 13.1 Å². The summed E-state index contributed by atoms with van der Waals surface area (Å²) >= 11 is 0. The molecule has 1 aromatic rings. The SMILES string of the molecule is CCN(CC)S(=O)(=O)N1CCN(C(=O)c2ccccc2C(F)(F)F)CC1. The van der Waals surface area contributed by atoms with E-state index in [1.807, 2.05) is 0 Å². The summed E-state index contributed by atoms with van der Waals surface area (Å²) in [5, 5.41) is 0. The topological polar surface area (TPSA) is 60.9 Å². The highest BCUT2D eigenvalue weighted by atomic mass is 32.2. The standard InChI is InChI=1S/C16H22F3N3O3S/c1-3-21(4-2)26(24,25)22-11-9-20(10-12-22)15(23)13-7-5-6-8-14(13)16(17,18)19/h5-8H,3-4,9-12H2,1-2H3. The van der Waals surface area contributed by atoms with Crippen molar-refractivity contribution in [2.24, 2.45) is 0 Å². The lowest BCUT2D eigenvalue weighted by Gasteiger charge is -2.36. The van der Waals surface area contributed by atoms with Crippen LogP contribution in [0, 0.1) is 0 Å². The molecular weight excluding hydrogens is 371 g/mol. The van der Waals surface area contributed by atoms with E-state index in [-0.39, 0.29) is 26.2 Å². The lowest BCUT2D eigenvalue weighted by molar-refractivity contribution is -0.138. The van der Waals surface area contributed by atoms with Crippen LogP contribution in [-0.4, -0.2) is 67.1 Å². The van der Waals surface area contributed by atoms with Crippen LogP contribution < -0.4 is 0 Å². The first-order valence-electron chi connectivity index (χ1n) is 8.33. The second-order valence-corrected chi connectivity index (χ2v) is 7.76. The van der Waals surface area contributed by atoms with Gasteiger partial charge in [-0.25, -0.2) is 0 Å². The summed E-state index contributed by atoms with van der Waals surface area (Å²) in [7, 11) is -3.62. The second kappa shape index (κ2) is 7.93. The Labute approximate surface area is 151 Å². The maximum Gasteiger partial charge on any atom is 0.417 e. The van der Waals surface area contributed by atoms with Crippen molar-refractivity contribution in [2.75, 3.05) is 39.3 Å². The highest BCUT2D eigenvalue weighted by Gasteiger charge is 2.37.